The van der Waals surface area contributed by atoms with E-state index in [2.05, 4.69) is 10.4 Å². The third kappa shape index (κ3) is 3.57. The quantitative estimate of drug-likeness (QED) is 0.846. The van der Waals surface area contributed by atoms with Crippen LogP contribution in [-0.4, -0.2) is 32.8 Å². The fourth-order valence-corrected chi connectivity index (χ4v) is 3.32. The number of aromatic nitrogens is 2. The van der Waals surface area contributed by atoms with Crippen LogP contribution in [-0.2, 0) is 17.6 Å². The molecule has 1 aromatic heterocycles. The predicted molar refractivity (Wildman–Crippen MR) is 93.9 cm³/mol. The molecule has 1 heterocycles. The topological polar surface area (TPSA) is 84.2 Å². The number of benzene rings is 1. The second kappa shape index (κ2) is 7.09. The molecule has 1 aromatic carbocycles. The molecule has 0 saturated heterocycles. The fourth-order valence-electron chi connectivity index (χ4n) is 3.32. The van der Waals surface area contributed by atoms with E-state index in [0.717, 1.165) is 36.2 Å². The summed E-state index contributed by atoms with van der Waals surface area (Å²) in [5.41, 5.74) is 3.25. The third-order valence-electron chi connectivity index (χ3n) is 4.46. The van der Waals surface area contributed by atoms with Crippen molar-refractivity contribution in [1.29, 1.82) is 0 Å². The lowest BCUT2D eigenvalue weighted by Gasteiger charge is -2.16. The smallest absolute Gasteiger partial charge is 0.326 e. The maximum absolute atomic E-state index is 12.7. The van der Waals surface area contributed by atoms with E-state index in [1.807, 2.05) is 48.9 Å². The zero-order valence-electron chi connectivity index (χ0n) is 14.5. The molecule has 132 valence electrons. The second-order valence-corrected chi connectivity index (χ2v) is 6.87. The molecule has 6 heteroatoms. The number of rotatable bonds is 6. The second-order valence-electron chi connectivity index (χ2n) is 6.87. The lowest BCUT2D eigenvalue weighted by atomic mass is 10.0. The van der Waals surface area contributed by atoms with Gasteiger partial charge in [-0.05, 0) is 43.7 Å². The highest BCUT2D eigenvalue weighted by atomic mass is 16.4. The average Bonchev–Trinajstić information content (AvgIpc) is 3.16. The number of hydrogen-bond donors (Lipinski definition) is 2. The lowest BCUT2D eigenvalue weighted by Crippen LogP contribution is -2.42. The third-order valence-corrected chi connectivity index (χ3v) is 4.46. The number of nitrogens with one attached hydrogen (secondary N) is 1. The highest BCUT2D eigenvalue weighted by molar-refractivity contribution is 5.96. The Balaban J connectivity index is 1.90. The van der Waals surface area contributed by atoms with Crippen molar-refractivity contribution in [1.82, 2.24) is 15.1 Å². The normalized spacial score (nSPS) is 14.4. The van der Waals surface area contributed by atoms with Gasteiger partial charge in [0.05, 0.1) is 5.69 Å². The van der Waals surface area contributed by atoms with Gasteiger partial charge in [-0.1, -0.05) is 32.0 Å². The van der Waals surface area contributed by atoms with Crippen molar-refractivity contribution in [3.63, 3.8) is 0 Å². The van der Waals surface area contributed by atoms with Gasteiger partial charge in [-0.25, -0.2) is 9.48 Å². The Morgan fingerprint density at radius 3 is 2.60 bits per heavy atom. The van der Waals surface area contributed by atoms with E-state index in [1.165, 1.54) is 0 Å². The first kappa shape index (κ1) is 17.2. The molecule has 25 heavy (non-hydrogen) atoms. The molecule has 0 aliphatic heterocycles. The summed E-state index contributed by atoms with van der Waals surface area (Å²) in [5.74, 6) is -1.24. The van der Waals surface area contributed by atoms with Crippen LogP contribution in [0.4, 0.5) is 0 Å². The number of carbonyl (C=O) groups excluding carboxylic acids is 1. The van der Waals surface area contributed by atoms with E-state index < -0.39 is 17.9 Å². The molecule has 0 spiro atoms. The van der Waals surface area contributed by atoms with Crippen molar-refractivity contribution in [2.45, 2.75) is 45.6 Å². The van der Waals surface area contributed by atoms with E-state index in [9.17, 15) is 14.7 Å². The summed E-state index contributed by atoms with van der Waals surface area (Å²) < 4.78 is 1.81. The van der Waals surface area contributed by atoms with Crippen LogP contribution in [0.2, 0.25) is 0 Å². The molecule has 0 fully saturated rings. The number of carboxylic acid groups (broad SMARTS) is 1. The van der Waals surface area contributed by atoms with Crippen LogP contribution in [0.25, 0.3) is 5.69 Å². The lowest BCUT2D eigenvalue weighted by molar-refractivity contribution is -0.139. The fraction of sp³-hybridized carbons (Fsp3) is 0.421. The summed E-state index contributed by atoms with van der Waals surface area (Å²) in [6, 6.07) is 8.80. The average molecular weight is 341 g/mol. The highest BCUT2D eigenvalue weighted by Crippen LogP contribution is 2.27. The van der Waals surface area contributed by atoms with Gasteiger partial charge in [-0.2, -0.15) is 5.10 Å². The van der Waals surface area contributed by atoms with Gasteiger partial charge in [-0.15, -0.1) is 0 Å². The van der Waals surface area contributed by atoms with Gasteiger partial charge in [0.25, 0.3) is 5.91 Å². The molecule has 2 aromatic rings. The maximum Gasteiger partial charge on any atom is 0.326 e. The van der Waals surface area contributed by atoms with E-state index in [4.69, 9.17) is 0 Å². The highest BCUT2D eigenvalue weighted by Gasteiger charge is 2.29. The Morgan fingerprint density at radius 2 is 1.96 bits per heavy atom. The summed E-state index contributed by atoms with van der Waals surface area (Å²) >= 11 is 0. The number of carboxylic acids is 1. The van der Waals surface area contributed by atoms with E-state index in [1.54, 1.807) is 0 Å². The first-order valence-electron chi connectivity index (χ1n) is 8.67. The van der Waals surface area contributed by atoms with Gasteiger partial charge in [-0.3, -0.25) is 4.79 Å². The number of nitrogens with zero attached hydrogens (tertiary/aromatic N) is 2. The molecule has 0 bridgehead atoms. The van der Waals surface area contributed by atoms with Crippen LogP contribution in [0.5, 0.6) is 0 Å². The van der Waals surface area contributed by atoms with Crippen LogP contribution < -0.4 is 5.32 Å². The predicted octanol–water partition coefficient (Wildman–Crippen LogP) is 2.59. The Hall–Kier alpha value is -2.63. The minimum absolute atomic E-state index is 0.175. The van der Waals surface area contributed by atoms with Crippen molar-refractivity contribution in [3.8, 4) is 5.69 Å². The zero-order valence-corrected chi connectivity index (χ0v) is 14.5. The van der Waals surface area contributed by atoms with Crippen molar-refractivity contribution < 1.29 is 14.7 Å². The standard InChI is InChI=1S/C19H23N3O3/c1-12(2)11-15(19(24)25)20-18(23)17-14-9-6-10-16(14)22(21-17)13-7-4-3-5-8-13/h3-5,7-8,12,15H,6,9-11H2,1-2H3,(H,20,23)(H,24,25)/t15-/m0/s1. The van der Waals surface area contributed by atoms with Crippen molar-refractivity contribution in [2.75, 3.05) is 0 Å². The van der Waals surface area contributed by atoms with Crippen LogP contribution in [0.15, 0.2) is 30.3 Å². The first-order chi connectivity index (χ1) is 12.0. The Kier molecular flexibility index (Phi) is 4.88. The summed E-state index contributed by atoms with van der Waals surface area (Å²) in [6.45, 7) is 3.87. The van der Waals surface area contributed by atoms with Gasteiger partial charge in [0.1, 0.15) is 6.04 Å². The van der Waals surface area contributed by atoms with Crippen LogP contribution in [0, 0.1) is 5.92 Å². The Morgan fingerprint density at radius 1 is 1.24 bits per heavy atom. The van der Waals surface area contributed by atoms with Gasteiger partial charge >= 0.3 is 5.97 Å². The van der Waals surface area contributed by atoms with Crippen LogP contribution in [0.1, 0.15) is 48.4 Å². The summed E-state index contributed by atoms with van der Waals surface area (Å²) in [4.78, 5) is 24.1. The molecule has 0 saturated carbocycles. The monoisotopic (exact) mass is 341 g/mol. The van der Waals surface area contributed by atoms with E-state index >= 15 is 0 Å². The van der Waals surface area contributed by atoms with Crippen molar-refractivity contribution >= 4 is 11.9 Å². The minimum atomic E-state index is -1.01. The van der Waals surface area contributed by atoms with Gasteiger partial charge in [0, 0.05) is 11.3 Å². The summed E-state index contributed by atoms with van der Waals surface area (Å²) in [7, 11) is 0. The maximum atomic E-state index is 12.7. The molecule has 6 nitrogen and oxygen atoms in total. The molecule has 1 aliphatic rings. The largest absolute Gasteiger partial charge is 0.480 e. The molecule has 1 atom stereocenters. The van der Waals surface area contributed by atoms with Crippen molar-refractivity contribution in [3.05, 3.63) is 47.3 Å². The number of amides is 1. The molecule has 1 aliphatic carbocycles. The summed E-state index contributed by atoms with van der Waals surface area (Å²) in [5, 5.41) is 16.5. The number of aliphatic carboxylic acids is 1. The Labute approximate surface area is 146 Å². The molecular formula is C19H23N3O3. The number of carbonyl (C=O) groups is 2. The minimum Gasteiger partial charge on any atom is -0.480 e. The molecule has 0 radical (unpaired) electrons. The molecule has 1 amide bonds. The van der Waals surface area contributed by atoms with Crippen molar-refractivity contribution in [2.24, 2.45) is 5.92 Å². The van der Waals surface area contributed by atoms with Gasteiger partial charge in [0.2, 0.25) is 0 Å². The van der Waals surface area contributed by atoms with Gasteiger partial charge < -0.3 is 10.4 Å². The molecule has 0 unspecified atom stereocenters. The van der Waals surface area contributed by atoms with Gasteiger partial charge in [0.15, 0.2) is 5.69 Å². The zero-order chi connectivity index (χ0) is 18.0. The Bertz CT molecular complexity index is 781. The van der Waals surface area contributed by atoms with E-state index in [-0.39, 0.29) is 5.92 Å². The first-order valence-corrected chi connectivity index (χ1v) is 8.67. The summed E-state index contributed by atoms with van der Waals surface area (Å²) in [6.07, 6.45) is 3.04. The SMILES string of the molecule is CC(C)C[C@H](NC(=O)c1nn(-c2ccccc2)c2c1CCC2)C(=O)O. The van der Waals surface area contributed by atoms with Crippen LogP contribution >= 0.6 is 0 Å². The molecule has 3 rings (SSSR count). The van der Waals surface area contributed by atoms with Crippen LogP contribution in [0.3, 0.4) is 0 Å². The molecule has 2 N–H and O–H groups in total. The number of para-hydroxylation sites is 1. The van der Waals surface area contributed by atoms with E-state index in [0.29, 0.717) is 12.1 Å². The molecular weight excluding hydrogens is 318 g/mol. The number of fused-ring (bicyclic) bond motifs is 1. The number of hydrogen-bond acceptors (Lipinski definition) is 3.